The van der Waals surface area contributed by atoms with E-state index in [1.807, 2.05) is 42.6 Å². The molecule has 0 bridgehead atoms. The number of hydrogen-bond acceptors (Lipinski definition) is 6. The Morgan fingerprint density at radius 3 is 2.45 bits per heavy atom. The van der Waals surface area contributed by atoms with E-state index in [0.717, 1.165) is 43.9 Å². The number of ether oxygens (including phenoxy) is 1. The molecular weight excluding hydrogens is 390 g/mol. The minimum atomic E-state index is -0.293. The van der Waals surface area contributed by atoms with Crippen LogP contribution in [-0.4, -0.2) is 57.0 Å². The fraction of sp³-hybridized carbons (Fsp3) is 0.333. The van der Waals surface area contributed by atoms with Crippen LogP contribution in [0.25, 0.3) is 0 Å². The van der Waals surface area contributed by atoms with Gasteiger partial charge in [-0.3, -0.25) is 9.88 Å². The number of nitrogens with zero attached hydrogens (tertiary/aromatic N) is 5. The summed E-state index contributed by atoms with van der Waals surface area (Å²) in [5.74, 6) is 0.575. The van der Waals surface area contributed by atoms with Crippen molar-refractivity contribution in [2.45, 2.75) is 26.3 Å². The van der Waals surface area contributed by atoms with Gasteiger partial charge in [0.2, 0.25) is 0 Å². The van der Waals surface area contributed by atoms with E-state index in [9.17, 15) is 4.79 Å². The summed E-state index contributed by atoms with van der Waals surface area (Å²) in [6, 6.07) is 13.8. The second-order valence-electron chi connectivity index (χ2n) is 7.80. The zero-order chi connectivity index (χ0) is 21.5. The van der Waals surface area contributed by atoms with Crippen molar-refractivity contribution in [3.63, 3.8) is 0 Å². The van der Waals surface area contributed by atoms with Crippen molar-refractivity contribution in [3.05, 3.63) is 83.7 Å². The van der Waals surface area contributed by atoms with Crippen molar-refractivity contribution in [1.82, 2.24) is 24.8 Å². The minimum absolute atomic E-state index is 0.293. The summed E-state index contributed by atoms with van der Waals surface area (Å²) in [6.45, 7) is 5.73. The van der Waals surface area contributed by atoms with Gasteiger partial charge in [-0.15, -0.1) is 0 Å². The number of aryl methyl sites for hydroxylation is 3. The van der Waals surface area contributed by atoms with Gasteiger partial charge in [-0.25, -0.2) is 14.8 Å². The van der Waals surface area contributed by atoms with E-state index >= 15 is 0 Å². The monoisotopic (exact) mass is 417 g/mol. The highest BCUT2D eigenvalue weighted by Gasteiger charge is 2.22. The van der Waals surface area contributed by atoms with Crippen molar-refractivity contribution in [1.29, 1.82) is 0 Å². The van der Waals surface area contributed by atoms with Crippen LogP contribution in [0.2, 0.25) is 0 Å². The number of rotatable bonds is 6. The molecule has 7 heteroatoms. The average Bonchev–Trinajstić information content (AvgIpc) is 2.80. The Morgan fingerprint density at radius 1 is 0.935 bits per heavy atom. The largest absolute Gasteiger partial charge is 0.415 e. The van der Waals surface area contributed by atoms with Gasteiger partial charge in [0, 0.05) is 50.8 Å². The Bertz CT molecular complexity index is 986. The highest BCUT2D eigenvalue weighted by Crippen LogP contribution is 2.16. The van der Waals surface area contributed by atoms with Crippen molar-refractivity contribution in [2.75, 3.05) is 26.2 Å². The van der Waals surface area contributed by atoms with Gasteiger partial charge in [-0.2, -0.15) is 0 Å². The Hall–Kier alpha value is -3.32. The van der Waals surface area contributed by atoms with Crippen LogP contribution < -0.4 is 4.74 Å². The van der Waals surface area contributed by atoms with Gasteiger partial charge in [0.05, 0.1) is 5.69 Å². The highest BCUT2D eigenvalue weighted by molar-refractivity contribution is 5.70. The molecule has 1 aromatic carbocycles. The van der Waals surface area contributed by atoms with Crippen LogP contribution in [0.1, 0.15) is 22.5 Å². The lowest BCUT2D eigenvalue weighted by Crippen LogP contribution is -2.49. The van der Waals surface area contributed by atoms with E-state index in [1.165, 1.54) is 11.1 Å². The Labute approximate surface area is 182 Å². The first-order valence-electron chi connectivity index (χ1n) is 10.6. The Kier molecular flexibility index (Phi) is 6.84. The maximum Gasteiger partial charge on any atom is 0.415 e. The number of piperazine rings is 1. The van der Waals surface area contributed by atoms with Crippen molar-refractivity contribution < 1.29 is 9.53 Å². The topological polar surface area (TPSA) is 71.5 Å². The molecule has 0 saturated carbocycles. The van der Waals surface area contributed by atoms with Gasteiger partial charge in [-0.1, -0.05) is 12.1 Å². The van der Waals surface area contributed by atoms with Crippen molar-refractivity contribution >= 4 is 6.09 Å². The van der Waals surface area contributed by atoms with Crippen molar-refractivity contribution in [2.24, 2.45) is 0 Å². The van der Waals surface area contributed by atoms with E-state index in [4.69, 9.17) is 4.74 Å². The number of pyridine rings is 1. The maximum absolute atomic E-state index is 12.5. The zero-order valence-corrected chi connectivity index (χ0v) is 17.8. The SMILES string of the molecule is Cc1ccnc(CCc2ccc(OC(=O)N3CCN(Cc4ccncn4)CC3)cc2)c1. The van der Waals surface area contributed by atoms with Gasteiger partial charge in [0.25, 0.3) is 0 Å². The van der Waals surface area contributed by atoms with Crippen LogP contribution in [0.3, 0.4) is 0 Å². The molecule has 1 aliphatic rings. The summed E-state index contributed by atoms with van der Waals surface area (Å²) < 4.78 is 5.58. The van der Waals surface area contributed by atoms with Gasteiger partial charge < -0.3 is 9.64 Å². The fourth-order valence-electron chi connectivity index (χ4n) is 3.63. The predicted octanol–water partition coefficient (Wildman–Crippen LogP) is 3.28. The first kappa shape index (κ1) is 20.9. The molecular formula is C24H27N5O2. The molecule has 1 aliphatic heterocycles. The van der Waals surface area contributed by atoms with Crippen molar-refractivity contribution in [3.8, 4) is 5.75 Å². The fourth-order valence-corrected chi connectivity index (χ4v) is 3.63. The van der Waals surface area contributed by atoms with E-state index in [2.05, 4.69) is 32.8 Å². The van der Waals surface area contributed by atoms with Gasteiger partial charge in [0.15, 0.2) is 0 Å². The summed E-state index contributed by atoms with van der Waals surface area (Å²) in [5, 5.41) is 0. The maximum atomic E-state index is 12.5. The third kappa shape index (κ3) is 6.08. The van der Waals surface area contributed by atoms with Crippen LogP contribution in [0.5, 0.6) is 5.75 Å². The smallest absolute Gasteiger partial charge is 0.410 e. The average molecular weight is 418 g/mol. The zero-order valence-electron chi connectivity index (χ0n) is 17.8. The summed E-state index contributed by atoms with van der Waals surface area (Å²) in [4.78, 5) is 29.2. The third-order valence-corrected chi connectivity index (χ3v) is 5.43. The summed E-state index contributed by atoms with van der Waals surface area (Å²) in [6.07, 6.45) is 6.66. The molecule has 3 heterocycles. The molecule has 1 saturated heterocycles. The molecule has 0 unspecified atom stereocenters. The molecule has 1 amide bonds. The van der Waals surface area contributed by atoms with Crippen LogP contribution in [0.4, 0.5) is 4.79 Å². The quantitative estimate of drug-likeness (QED) is 0.613. The molecule has 160 valence electrons. The number of aromatic nitrogens is 3. The van der Waals surface area contributed by atoms with Crippen LogP contribution >= 0.6 is 0 Å². The number of hydrogen-bond donors (Lipinski definition) is 0. The molecule has 0 atom stereocenters. The molecule has 0 spiro atoms. The van der Waals surface area contributed by atoms with E-state index in [-0.39, 0.29) is 6.09 Å². The molecule has 1 fully saturated rings. The molecule has 0 radical (unpaired) electrons. The van der Waals surface area contributed by atoms with Crippen LogP contribution in [0.15, 0.2) is 61.2 Å². The first-order valence-corrected chi connectivity index (χ1v) is 10.6. The van der Waals surface area contributed by atoms with E-state index < -0.39 is 0 Å². The third-order valence-electron chi connectivity index (χ3n) is 5.43. The standard InChI is InChI=1S/C24H27N5O2/c1-19-8-11-26-21(16-19)5-2-20-3-6-23(7-4-20)31-24(30)29-14-12-28(13-15-29)17-22-9-10-25-18-27-22/h3-4,6-11,16,18H,2,5,12-15,17H2,1H3. The number of carbonyl (C=O) groups excluding carboxylic acids is 1. The number of amides is 1. The minimum Gasteiger partial charge on any atom is -0.410 e. The lowest BCUT2D eigenvalue weighted by Gasteiger charge is -2.33. The Balaban J connectivity index is 1.22. The van der Waals surface area contributed by atoms with E-state index in [1.54, 1.807) is 17.4 Å². The molecule has 3 aromatic rings. The second-order valence-corrected chi connectivity index (χ2v) is 7.80. The highest BCUT2D eigenvalue weighted by atomic mass is 16.6. The number of carbonyl (C=O) groups is 1. The molecule has 31 heavy (non-hydrogen) atoms. The summed E-state index contributed by atoms with van der Waals surface area (Å²) >= 11 is 0. The molecule has 0 aliphatic carbocycles. The van der Waals surface area contributed by atoms with Crippen LogP contribution in [0, 0.1) is 6.92 Å². The lowest BCUT2D eigenvalue weighted by molar-refractivity contribution is 0.107. The number of benzene rings is 1. The van der Waals surface area contributed by atoms with Crippen LogP contribution in [-0.2, 0) is 19.4 Å². The summed E-state index contributed by atoms with van der Waals surface area (Å²) in [5.41, 5.74) is 4.50. The summed E-state index contributed by atoms with van der Waals surface area (Å²) in [7, 11) is 0. The first-order chi connectivity index (χ1) is 15.2. The van der Waals surface area contributed by atoms with Gasteiger partial charge in [0.1, 0.15) is 12.1 Å². The van der Waals surface area contributed by atoms with E-state index in [0.29, 0.717) is 18.8 Å². The molecule has 0 N–H and O–H groups in total. The van der Waals surface area contributed by atoms with Gasteiger partial charge in [-0.05, 0) is 61.2 Å². The lowest BCUT2D eigenvalue weighted by atomic mass is 10.1. The molecule has 2 aromatic heterocycles. The molecule has 4 rings (SSSR count). The normalized spacial score (nSPS) is 14.4. The Morgan fingerprint density at radius 2 is 1.74 bits per heavy atom. The molecule has 7 nitrogen and oxygen atoms in total. The van der Waals surface area contributed by atoms with Gasteiger partial charge >= 0.3 is 6.09 Å². The second kappa shape index (κ2) is 10.1. The predicted molar refractivity (Wildman–Crippen MR) is 118 cm³/mol.